The van der Waals surface area contributed by atoms with Crippen LogP contribution in [0.3, 0.4) is 0 Å². The Bertz CT molecular complexity index is 1900. The van der Waals surface area contributed by atoms with Gasteiger partial charge in [-0.15, -0.1) is 0 Å². The molecule has 276 valence electrons. The first-order chi connectivity index (χ1) is 25.7. The SMILES string of the molecule is O=C(NC1CC(=O)N(c2cccc(C3OC(CN4CCC(O)(c5ccc(Cl)cc5)CC4)CC(c4ccc(CO)cc4)O3)c2)C1=O)OCc1ccccc1. The molecule has 0 aliphatic carbocycles. The summed E-state index contributed by atoms with van der Waals surface area (Å²) in [7, 11) is 0. The van der Waals surface area contributed by atoms with Crippen LogP contribution >= 0.6 is 11.6 Å². The summed E-state index contributed by atoms with van der Waals surface area (Å²) in [6.07, 6.45) is -0.681. The van der Waals surface area contributed by atoms with Crippen molar-refractivity contribution < 1.29 is 38.8 Å². The Kier molecular flexibility index (Phi) is 11.2. The van der Waals surface area contributed by atoms with Crippen molar-refractivity contribution >= 4 is 35.2 Å². The second kappa shape index (κ2) is 16.2. The predicted octanol–water partition coefficient (Wildman–Crippen LogP) is 5.92. The fraction of sp³-hybridized carbons (Fsp3) is 0.341. The number of alkyl carbamates (subject to hydrolysis) is 1. The molecule has 3 aliphatic heterocycles. The van der Waals surface area contributed by atoms with Crippen LogP contribution in [0.25, 0.3) is 0 Å². The largest absolute Gasteiger partial charge is 0.445 e. The van der Waals surface area contributed by atoms with E-state index >= 15 is 0 Å². The highest BCUT2D eigenvalue weighted by molar-refractivity contribution is 6.30. The molecule has 3 fully saturated rings. The van der Waals surface area contributed by atoms with Gasteiger partial charge in [0, 0.05) is 36.6 Å². The molecule has 4 atom stereocenters. The minimum atomic E-state index is -1.06. The number of imide groups is 1. The van der Waals surface area contributed by atoms with Gasteiger partial charge in [0.05, 0.1) is 36.5 Å². The quantitative estimate of drug-likeness (QED) is 0.169. The summed E-state index contributed by atoms with van der Waals surface area (Å²) in [5.41, 5.74) is 3.42. The van der Waals surface area contributed by atoms with Crippen molar-refractivity contribution in [3.8, 4) is 0 Å². The molecule has 4 aromatic carbocycles. The lowest BCUT2D eigenvalue weighted by Gasteiger charge is -2.42. The van der Waals surface area contributed by atoms with E-state index in [0.29, 0.717) is 55.2 Å². The van der Waals surface area contributed by atoms with Gasteiger partial charge in [-0.1, -0.05) is 90.5 Å². The zero-order valence-electron chi connectivity index (χ0n) is 29.1. The molecule has 11 nitrogen and oxygen atoms in total. The number of nitrogens with zero attached hydrogens (tertiary/aromatic N) is 2. The van der Waals surface area contributed by atoms with Gasteiger partial charge < -0.3 is 34.6 Å². The van der Waals surface area contributed by atoms with Crippen molar-refractivity contribution in [2.75, 3.05) is 24.5 Å². The van der Waals surface area contributed by atoms with Gasteiger partial charge >= 0.3 is 6.09 Å². The molecule has 4 unspecified atom stereocenters. The Morgan fingerprint density at radius 2 is 1.62 bits per heavy atom. The third-order valence-electron chi connectivity index (χ3n) is 10.2. The molecule has 4 aromatic rings. The zero-order chi connectivity index (χ0) is 37.0. The van der Waals surface area contributed by atoms with E-state index in [1.54, 1.807) is 30.3 Å². The normalized spacial score (nSPS) is 23.2. The van der Waals surface area contributed by atoms with Gasteiger partial charge in [0.2, 0.25) is 5.91 Å². The number of amides is 3. The van der Waals surface area contributed by atoms with Crippen molar-refractivity contribution in [2.45, 2.75) is 69.0 Å². The number of carbonyl (C=O) groups excluding carboxylic acids is 3. The summed E-state index contributed by atoms with van der Waals surface area (Å²) in [6, 6.07) is 30.0. The van der Waals surface area contributed by atoms with Gasteiger partial charge in [-0.05, 0) is 59.4 Å². The van der Waals surface area contributed by atoms with E-state index < -0.39 is 35.8 Å². The van der Waals surface area contributed by atoms with E-state index in [9.17, 15) is 24.6 Å². The van der Waals surface area contributed by atoms with Crippen LogP contribution in [-0.2, 0) is 42.6 Å². The number of aliphatic hydroxyl groups excluding tert-OH is 1. The van der Waals surface area contributed by atoms with Crippen LogP contribution in [0.2, 0.25) is 5.02 Å². The maximum atomic E-state index is 13.5. The number of halogens is 1. The zero-order valence-corrected chi connectivity index (χ0v) is 29.9. The van der Waals surface area contributed by atoms with Gasteiger partial charge in [-0.3, -0.25) is 9.59 Å². The first-order valence-corrected chi connectivity index (χ1v) is 18.2. The van der Waals surface area contributed by atoms with Crippen molar-refractivity contribution in [1.82, 2.24) is 10.2 Å². The van der Waals surface area contributed by atoms with Crippen LogP contribution in [0.4, 0.5) is 10.5 Å². The summed E-state index contributed by atoms with van der Waals surface area (Å²) >= 11 is 6.08. The minimum absolute atomic E-state index is 0.0334. The molecule has 53 heavy (non-hydrogen) atoms. The van der Waals surface area contributed by atoms with Crippen molar-refractivity contribution in [1.29, 1.82) is 0 Å². The fourth-order valence-electron chi connectivity index (χ4n) is 7.21. The van der Waals surface area contributed by atoms with Gasteiger partial charge in [0.25, 0.3) is 5.91 Å². The van der Waals surface area contributed by atoms with Crippen LogP contribution in [0.5, 0.6) is 0 Å². The first kappa shape index (κ1) is 36.7. The van der Waals surface area contributed by atoms with Gasteiger partial charge in [-0.25, -0.2) is 9.69 Å². The van der Waals surface area contributed by atoms with Crippen LogP contribution < -0.4 is 10.2 Å². The van der Waals surface area contributed by atoms with Crippen LogP contribution in [-0.4, -0.2) is 64.8 Å². The topological polar surface area (TPSA) is 138 Å². The number of piperidine rings is 1. The molecule has 0 spiro atoms. The fourth-order valence-corrected chi connectivity index (χ4v) is 7.33. The van der Waals surface area contributed by atoms with E-state index in [4.69, 9.17) is 25.8 Å². The second-order valence-corrected chi connectivity index (χ2v) is 14.3. The number of ether oxygens (including phenoxy) is 3. The highest BCUT2D eigenvalue weighted by Gasteiger charge is 2.42. The second-order valence-electron chi connectivity index (χ2n) is 13.8. The maximum absolute atomic E-state index is 13.5. The number of hydrogen-bond donors (Lipinski definition) is 3. The number of carbonyl (C=O) groups is 3. The number of anilines is 1. The average Bonchev–Trinajstić information content (AvgIpc) is 3.46. The van der Waals surface area contributed by atoms with E-state index in [2.05, 4.69) is 10.2 Å². The third kappa shape index (κ3) is 8.62. The minimum Gasteiger partial charge on any atom is -0.445 e. The van der Waals surface area contributed by atoms with E-state index in [-0.39, 0.29) is 31.8 Å². The predicted molar refractivity (Wildman–Crippen MR) is 197 cm³/mol. The standard InChI is InChI=1S/C41H42ClN3O8/c42-32-15-13-31(14-16-32)41(50)17-19-44(20-18-41)24-34-22-36(29-11-9-27(25-46)10-12-29)53-39(52-34)30-7-4-8-33(21-30)45-37(47)23-35(38(45)48)43-40(49)51-26-28-5-2-1-3-6-28/h1-16,21,34-36,39,46,50H,17-20,22-26H2,(H,43,49). The molecule has 0 bridgehead atoms. The van der Waals surface area contributed by atoms with Gasteiger partial charge in [-0.2, -0.15) is 0 Å². The van der Waals surface area contributed by atoms with Crippen molar-refractivity contribution in [2.24, 2.45) is 0 Å². The number of aliphatic hydroxyl groups is 2. The molecule has 0 saturated carbocycles. The van der Waals surface area contributed by atoms with Crippen molar-refractivity contribution in [3.05, 3.63) is 136 Å². The number of likely N-dealkylation sites (tertiary alicyclic amines) is 1. The van der Waals surface area contributed by atoms with E-state index in [0.717, 1.165) is 27.2 Å². The summed E-state index contributed by atoms with van der Waals surface area (Å²) < 4.78 is 18.4. The molecule has 3 N–H and O–H groups in total. The molecule has 3 heterocycles. The highest BCUT2D eigenvalue weighted by Crippen LogP contribution is 2.40. The lowest BCUT2D eigenvalue weighted by atomic mass is 9.84. The first-order valence-electron chi connectivity index (χ1n) is 17.8. The number of rotatable bonds is 10. The van der Waals surface area contributed by atoms with E-state index in [1.165, 1.54) is 0 Å². The number of hydrogen-bond acceptors (Lipinski definition) is 9. The monoisotopic (exact) mass is 739 g/mol. The van der Waals surface area contributed by atoms with Gasteiger partial charge in [0.1, 0.15) is 12.6 Å². The molecule has 0 aromatic heterocycles. The molecule has 0 radical (unpaired) electrons. The summed E-state index contributed by atoms with van der Waals surface area (Å²) in [5, 5.41) is 24.2. The Hall–Kier alpha value is -4.62. The lowest BCUT2D eigenvalue weighted by Crippen LogP contribution is -2.46. The van der Waals surface area contributed by atoms with Crippen LogP contribution in [0.1, 0.15) is 65.9 Å². The molecular formula is C41H42ClN3O8. The molecular weight excluding hydrogens is 698 g/mol. The molecule has 3 saturated heterocycles. The average molecular weight is 740 g/mol. The van der Waals surface area contributed by atoms with E-state index in [1.807, 2.05) is 72.8 Å². The summed E-state index contributed by atoms with van der Waals surface area (Å²) in [5.74, 6) is -1.01. The molecule has 3 amide bonds. The number of nitrogens with one attached hydrogen (secondary N) is 1. The van der Waals surface area contributed by atoms with Crippen LogP contribution in [0.15, 0.2) is 103 Å². The van der Waals surface area contributed by atoms with Crippen molar-refractivity contribution in [3.63, 3.8) is 0 Å². The summed E-state index contributed by atoms with van der Waals surface area (Å²) in [6.45, 7) is 1.92. The lowest BCUT2D eigenvalue weighted by molar-refractivity contribution is -0.253. The Morgan fingerprint density at radius 1 is 0.887 bits per heavy atom. The third-order valence-corrected chi connectivity index (χ3v) is 10.4. The Balaban J connectivity index is 1.04. The smallest absolute Gasteiger partial charge is 0.408 e. The number of benzene rings is 4. The highest BCUT2D eigenvalue weighted by atomic mass is 35.5. The molecule has 3 aliphatic rings. The maximum Gasteiger partial charge on any atom is 0.408 e. The Morgan fingerprint density at radius 3 is 2.34 bits per heavy atom. The summed E-state index contributed by atoms with van der Waals surface area (Å²) in [4.78, 5) is 42.5. The Labute approximate surface area is 313 Å². The molecule has 7 rings (SSSR count). The van der Waals surface area contributed by atoms with Crippen LogP contribution in [0, 0.1) is 0 Å². The van der Waals surface area contributed by atoms with Gasteiger partial charge in [0.15, 0.2) is 6.29 Å². The molecule has 12 heteroatoms.